The summed E-state index contributed by atoms with van der Waals surface area (Å²) in [6, 6.07) is 3.12. The summed E-state index contributed by atoms with van der Waals surface area (Å²) >= 11 is 1.52. The van der Waals surface area contributed by atoms with Crippen LogP contribution in [0.1, 0.15) is 25.7 Å². The molecule has 0 bridgehead atoms. The van der Waals surface area contributed by atoms with Crippen LogP contribution in [0.5, 0.6) is 0 Å². The van der Waals surface area contributed by atoms with E-state index in [0.29, 0.717) is 11.9 Å². The second-order valence-electron chi connectivity index (χ2n) is 5.36. The van der Waals surface area contributed by atoms with Gasteiger partial charge in [-0.3, -0.25) is 0 Å². The van der Waals surface area contributed by atoms with Crippen LogP contribution in [0.2, 0.25) is 0 Å². The molecule has 2 fully saturated rings. The van der Waals surface area contributed by atoms with Gasteiger partial charge in [0.25, 0.3) is 0 Å². The molecule has 0 saturated carbocycles. The first kappa shape index (κ1) is 13.0. The number of thioether (sulfide) groups is 1. The Morgan fingerprint density at radius 3 is 3.11 bits per heavy atom. The second-order valence-corrected chi connectivity index (χ2v) is 6.14. The first-order chi connectivity index (χ1) is 9.24. The van der Waals surface area contributed by atoms with Crippen molar-refractivity contribution in [1.82, 2.24) is 14.9 Å². The van der Waals surface area contributed by atoms with Crippen molar-refractivity contribution in [3.05, 3.63) is 6.07 Å². The molecule has 6 heteroatoms. The van der Waals surface area contributed by atoms with Gasteiger partial charge in [0.1, 0.15) is 11.6 Å². The summed E-state index contributed by atoms with van der Waals surface area (Å²) in [5.41, 5.74) is 5.81. The summed E-state index contributed by atoms with van der Waals surface area (Å²) in [5.74, 6) is 1.41. The maximum atomic E-state index is 5.81. The molecular weight excluding hydrogens is 258 g/mol. The fraction of sp³-hybridized carbons (Fsp3) is 0.692. The third-order valence-corrected chi connectivity index (χ3v) is 4.63. The van der Waals surface area contributed by atoms with Gasteiger partial charge in [-0.05, 0) is 38.5 Å². The number of nitrogen functional groups attached to an aromatic ring is 1. The highest BCUT2D eigenvalue weighted by Crippen LogP contribution is 2.28. The average Bonchev–Trinajstić information content (AvgIpc) is 2.85. The summed E-state index contributed by atoms with van der Waals surface area (Å²) in [6.07, 6.45) is 7.08. The van der Waals surface area contributed by atoms with Crippen LogP contribution < -0.4 is 11.1 Å². The Labute approximate surface area is 118 Å². The van der Waals surface area contributed by atoms with Crippen molar-refractivity contribution in [3.8, 4) is 0 Å². The molecule has 0 amide bonds. The van der Waals surface area contributed by atoms with E-state index in [0.717, 1.165) is 17.0 Å². The molecule has 0 radical (unpaired) electrons. The van der Waals surface area contributed by atoms with E-state index < -0.39 is 0 Å². The Morgan fingerprint density at radius 1 is 1.37 bits per heavy atom. The molecule has 0 aliphatic carbocycles. The Hall–Kier alpha value is -1.01. The summed E-state index contributed by atoms with van der Waals surface area (Å²) in [6.45, 7) is 2.49. The van der Waals surface area contributed by atoms with E-state index >= 15 is 0 Å². The molecule has 3 N–H and O–H groups in total. The van der Waals surface area contributed by atoms with Crippen molar-refractivity contribution in [2.45, 2.75) is 42.9 Å². The molecule has 2 saturated heterocycles. The lowest BCUT2D eigenvalue weighted by Gasteiger charge is -2.35. The van der Waals surface area contributed by atoms with Gasteiger partial charge in [0.15, 0.2) is 5.16 Å². The maximum Gasteiger partial charge on any atom is 0.191 e. The Bertz CT molecular complexity index is 453. The number of rotatable bonds is 3. The summed E-state index contributed by atoms with van der Waals surface area (Å²) in [7, 11) is 0. The van der Waals surface area contributed by atoms with Crippen LogP contribution in [0, 0.1) is 0 Å². The molecule has 0 spiro atoms. The molecule has 2 unspecified atom stereocenters. The van der Waals surface area contributed by atoms with Gasteiger partial charge < -0.3 is 16.0 Å². The molecule has 3 heterocycles. The Morgan fingerprint density at radius 2 is 2.26 bits per heavy atom. The lowest BCUT2D eigenvalue weighted by atomic mass is 9.97. The van der Waals surface area contributed by atoms with Gasteiger partial charge in [0.2, 0.25) is 0 Å². The Kier molecular flexibility index (Phi) is 3.79. The number of anilines is 2. The van der Waals surface area contributed by atoms with Gasteiger partial charge in [-0.25, -0.2) is 9.97 Å². The third-order valence-electron chi connectivity index (χ3n) is 4.08. The van der Waals surface area contributed by atoms with Gasteiger partial charge in [0, 0.05) is 24.7 Å². The first-order valence-corrected chi connectivity index (χ1v) is 8.16. The van der Waals surface area contributed by atoms with Gasteiger partial charge in [-0.1, -0.05) is 11.8 Å². The van der Waals surface area contributed by atoms with Crippen LogP contribution in [0.25, 0.3) is 0 Å². The van der Waals surface area contributed by atoms with Crippen molar-refractivity contribution in [3.63, 3.8) is 0 Å². The van der Waals surface area contributed by atoms with E-state index in [4.69, 9.17) is 5.73 Å². The SMILES string of the molecule is CSc1nc(N)cc(NC2CCN3CCCC3C2)n1. The highest BCUT2D eigenvalue weighted by atomic mass is 32.2. The van der Waals surface area contributed by atoms with Crippen LogP contribution in [0.3, 0.4) is 0 Å². The zero-order valence-corrected chi connectivity index (χ0v) is 12.1. The number of piperidine rings is 1. The molecular formula is C13H21N5S. The van der Waals surface area contributed by atoms with Crippen molar-refractivity contribution >= 4 is 23.4 Å². The number of nitrogens with two attached hydrogens (primary N) is 1. The maximum absolute atomic E-state index is 5.81. The van der Waals surface area contributed by atoms with Gasteiger partial charge in [-0.2, -0.15) is 0 Å². The fourth-order valence-electron chi connectivity index (χ4n) is 3.17. The largest absolute Gasteiger partial charge is 0.383 e. The lowest BCUT2D eigenvalue weighted by Crippen LogP contribution is -2.42. The highest BCUT2D eigenvalue weighted by molar-refractivity contribution is 7.98. The normalized spacial score (nSPS) is 27.2. The van der Waals surface area contributed by atoms with Gasteiger partial charge in [-0.15, -0.1) is 0 Å². The Balaban J connectivity index is 1.66. The standard InChI is InChI=1S/C13H21N5S/c1-19-13-16-11(14)8-12(17-13)15-9-4-6-18-5-2-3-10(18)7-9/h8-10H,2-7H2,1H3,(H3,14,15,16,17). The molecule has 2 aliphatic heterocycles. The number of nitrogens with one attached hydrogen (secondary N) is 1. The van der Waals surface area contributed by atoms with Crippen LogP contribution in [0.15, 0.2) is 11.2 Å². The quantitative estimate of drug-likeness (QED) is 0.650. The van der Waals surface area contributed by atoms with Crippen molar-refractivity contribution < 1.29 is 0 Å². The van der Waals surface area contributed by atoms with Crippen LogP contribution in [-0.4, -0.2) is 46.3 Å². The summed E-state index contributed by atoms with van der Waals surface area (Å²) in [5, 5.41) is 4.27. The number of aromatic nitrogens is 2. The zero-order valence-electron chi connectivity index (χ0n) is 11.3. The van der Waals surface area contributed by atoms with Crippen LogP contribution >= 0.6 is 11.8 Å². The number of hydrogen-bond donors (Lipinski definition) is 2. The number of hydrogen-bond acceptors (Lipinski definition) is 6. The first-order valence-electron chi connectivity index (χ1n) is 6.94. The van der Waals surface area contributed by atoms with Gasteiger partial charge in [0.05, 0.1) is 0 Å². The van der Waals surface area contributed by atoms with E-state index in [1.165, 1.54) is 50.5 Å². The second kappa shape index (κ2) is 5.54. The molecule has 5 nitrogen and oxygen atoms in total. The third kappa shape index (κ3) is 2.95. The van der Waals surface area contributed by atoms with E-state index in [-0.39, 0.29) is 0 Å². The minimum absolute atomic E-state index is 0.517. The van der Waals surface area contributed by atoms with E-state index in [2.05, 4.69) is 20.2 Å². The fourth-order valence-corrected chi connectivity index (χ4v) is 3.56. The topological polar surface area (TPSA) is 67.1 Å². The van der Waals surface area contributed by atoms with Crippen molar-refractivity contribution in [1.29, 1.82) is 0 Å². The smallest absolute Gasteiger partial charge is 0.191 e. The van der Waals surface area contributed by atoms with Crippen molar-refractivity contribution in [2.24, 2.45) is 0 Å². The monoisotopic (exact) mass is 279 g/mol. The van der Waals surface area contributed by atoms with Crippen LogP contribution in [-0.2, 0) is 0 Å². The van der Waals surface area contributed by atoms with E-state index in [1.807, 2.05) is 12.3 Å². The minimum atomic E-state index is 0.517. The molecule has 19 heavy (non-hydrogen) atoms. The van der Waals surface area contributed by atoms with Crippen LogP contribution in [0.4, 0.5) is 11.6 Å². The predicted molar refractivity (Wildman–Crippen MR) is 79.5 cm³/mol. The zero-order chi connectivity index (χ0) is 13.2. The lowest BCUT2D eigenvalue weighted by molar-refractivity contribution is 0.188. The predicted octanol–water partition coefficient (Wildman–Crippen LogP) is 1.82. The number of fused-ring (bicyclic) bond motifs is 1. The molecule has 104 valence electrons. The van der Waals surface area contributed by atoms with E-state index in [1.54, 1.807) is 0 Å². The minimum Gasteiger partial charge on any atom is -0.383 e. The number of nitrogens with zero attached hydrogens (tertiary/aromatic N) is 3. The average molecular weight is 279 g/mol. The summed E-state index contributed by atoms with van der Waals surface area (Å²) < 4.78 is 0. The highest BCUT2D eigenvalue weighted by Gasteiger charge is 2.31. The molecule has 0 aromatic carbocycles. The summed E-state index contributed by atoms with van der Waals surface area (Å²) in [4.78, 5) is 11.3. The van der Waals surface area contributed by atoms with E-state index in [9.17, 15) is 0 Å². The molecule has 3 rings (SSSR count). The molecule has 1 aromatic rings. The molecule has 2 atom stereocenters. The van der Waals surface area contributed by atoms with Gasteiger partial charge >= 0.3 is 0 Å². The molecule has 1 aromatic heterocycles. The van der Waals surface area contributed by atoms with Crippen molar-refractivity contribution in [2.75, 3.05) is 30.4 Å². The molecule has 2 aliphatic rings.